The summed E-state index contributed by atoms with van der Waals surface area (Å²) in [6.07, 6.45) is 1.47. The van der Waals surface area contributed by atoms with E-state index >= 15 is 0 Å². The van der Waals surface area contributed by atoms with E-state index < -0.39 is 6.10 Å². The van der Waals surface area contributed by atoms with Gasteiger partial charge in [-0.1, -0.05) is 0 Å². The van der Waals surface area contributed by atoms with Gasteiger partial charge in [-0.3, -0.25) is 4.79 Å². The predicted octanol–water partition coefficient (Wildman–Crippen LogP) is 3.84. The number of ether oxygens (including phenoxy) is 1. The van der Waals surface area contributed by atoms with Crippen LogP contribution >= 0.6 is 11.3 Å². The van der Waals surface area contributed by atoms with Crippen LogP contribution < -0.4 is 15.4 Å². The van der Waals surface area contributed by atoms with Gasteiger partial charge in [0.25, 0.3) is 5.91 Å². The summed E-state index contributed by atoms with van der Waals surface area (Å²) in [6, 6.07) is 7.37. The number of nitrogens with one attached hydrogen (secondary N) is 2. The lowest BCUT2D eigenvalue weighted by atomic mass is 10.1. The van der Waals surface area contributed by atoms with E-state index in [1.807, 2.05) is 10.3 Å². The molecule has 3 heterocycles. The van der Waals surface area contributed by atoms with Gasteiger partial charge in [-0.05, 0) is 60.4 Å². The molecule has 7 heteroatoms. The Bertz CT molecular complexity index is 806. The van der Waals surface area contributed by atoms with Crippen molar-refractivity contribution in [2.24, 2.45) is 0 Å². The van der Waals surface area contributed by atoms with Gasteiger partial charge in [0, 0.05) is 12.2 Å². The molecule has 6 nitrogen and oxygen atoms in total. The number of amides is 3. The first kappa shape index (κ1) is 16.0. The third-order valence-corrected chi connectivity index (χ3v) is 5.30. The van der Waals surface area contributed by atoms with Gasteiger partial charge in [-0.2, -0.15) is 11.3 Å². The van der Waals surface area contributed by atoms with Crippen LogP contribution in [0.4, 0.5) is 16.2 Å². The summed E-state index contributed by atoms with van der Waals surface area (Å²) < 4.78 is 5.54. The van der Waals surface area contributed by atoms with Crippen LogP contribution in [-0.2, 0) is 4.79 Å². The minimum absolute atomic E-state index is 0.120. The highest BCUT2D eigenvalue weighted by Gasteiger charge is 2.30. The monoisotopic (exact) mass is 357 g/mol. The summed E-state index contributed by atoms with van der Waals surface area (Å²) in [5, 5.41) is 9.87. The Morgan fingerprint density at radius 2 is 2.28 bits per heavy atom. The van der Waals surface area contributed by atoms with Crippen molar-refractivity contribution in [1.82, 2.24) is 4.90 Å². The Morgan fingerprint density at radius 3 is 3.08 bits per heavy atom. The van der Waals surface area contributed by atoms with E-state index in [0.717, 1.165) is 19.4 Å². The van der Waals surface area contributed by atoms with Gasteiger partial charge in [0.05, 0.1) is 11.7 Å². The molecule has 0 radical (unpaired) electrons. The Balaban J connectivity index is 1.50. The SMILES string of the molecule is C[C@@H]1Oc2ccc(NC(=O)N3CCC[C@H]3c3ccsc3)cc2NC1=O. The quantitative estimate of drug-likeness (QED) is 0.858. The molecule has 25 heavy (non-hydrogen) atoms. The summed E-state index contributed by atoms with van der Waals surface area (Å²) in [5.74, 6) is 0.426. The molecule has 2 aliphatic rings. The van der Waals surface area contributed by atoms with Crippen molar-refractivity contribution in [3.05, 3.63) is 40.6 Å². The molecule has 1 aromatic heterocycles. The average molecular weight is 357 g/mol. The number of likely N-dealkylation sites (tertiary alicyclic amines) is 1. The van der Waals surface area contributed by atoms with E-state index in [4.69, 9.17) is 4.74 Å². The lowest BCUT2D eigenvalue weighted by molar-refractivity contribution is -0.122. The molecule has 2 aliphatic heterocycles. The number of hydrogen-bond acceptors (Lipinski definition) is 4. The van der Waals surface area contributed by atoms with Crippen molar-refractivity contribution in [2.75, 3.05) is 17.2 Å². The van der Waals surface area contributed by atoms with Gasteiger partial charge >= 0.3 is 6.03 Å². The molecule has 2 aromatic rings. The Labute approximate surface area is 149 Å². The van der Waals surface area contributed by atoms with Crippen LogP contribution in [0.3, 0.4) is 0 Å². The highest BCUT2D eigenvalue weighted by atomic mass is 32.1. The summed E-state index contributed by atoms with van der Waals surface area (Å²) in [6.45, 7) is 2.45. The number of thiophene rings is 1. The first-order valence-electron chi connectivity index (χ1n) is 8.33. The Kier molecular flexibility index (Phi) is 4.09. The second kappa shape index (κ2) is 6.40. The van der Waals surface area contributed by atoms with Gasteiger partial charge in [-0.15, -0.1) is 0 Å². The molecule has 1 saturated heterocycles. The molecule has 0 aliphatic carbocycles. The fraction of sp³-hybridized carbons (Fsp3) is 0.333. The zero-order chi connectivity index (χ0) is 17.4. The van der Waals surface area contributed by atoms with Crippen molar-refractivity contribution < 1.29 is 14.3 Å². The predicted molar refractivity (Wildman–Crippen MR) is 97.2 cm³/mol. The molecular weight excluding hydrogens is 338 g/mol. The molecular formula is C18H19N3O3S. The number of urea groups is 1. The first-order valence-corrected chi connectivity index (χ1v) is 9.27. The molecule has 130 valence electrons. The number of carbonyl (C=O) groups is 2. The van der Waals surface area contributed by atoms with Crippen molar-refractivity contribution in [3.8, 4) is 5.75 Å². The normalized spacial score (nSPS) is 22.1. The van der Waals surface area contributed by atoms with Crippen LogP contribution in [0.1, 0.15) is 31.4 Å². The summed E-state index contributed by atoms with van der Waals surface area (Å²) in [5.41, 5.74) is 2.41. The molecule has 0 saturated carbocycles. The molecule has 3 amide bonds. The standard InChI is InChI=1S/C18H19N3O3S/c1-11-17(22)20-14-9-13(4-5-16(14)24-11)19-18(23)21-7-2-3-15(21)12-6-8-25-10-12/h4-6,8-11,15H,2-3,7H2,1H3,(H,19,23)(H,20,22)/t11-,15-/m0/s1. The molecule has 0 unspecified atom stereocenters. The van der Waals surface area contributed by atoms with Gasteiger partial charge < -0.3 is 20.3 Å². The van der Waals surface area contributed by atoms with Crippen LogP contribution in [0.25, 0.3) is 0 Å². The number of rotatable bonds is 2. The average Bonchev–Trinajstić information content (AvgIpc) is 3.27. The van der Waals surface area contributed by atoms with E-state index in [0.29, 0.717) is 17.1 Å². The molecule has 0 bridgehead atoms. The van der Waals surface area contributed by atoms with E-state index in [2.05, 4.69) is 22.1 Å². The van der Waals surface area contributed by atoms with E-state index in [9.17, 15) is 9.59 Å². The number of nitrogens with zero attached hydrogens (tertiary/aromatic N) is 1. The van der Waals surface area contributed by atoms with Gasteiger partial charge in [0.15, 0.2) is 6.10 Å². The maximum absolute atomic E-state index is 12.7. The van der Waals surface area contributed by atoms with Crippen molar-refractivity contribution in [3.63, 3.8) is 0 Å². The zero-order valence-electron chi connectivity index (χ0n) is 13.8. The second-order valence-electron chi connectivity index (χ2n) is 6.30. The highest BCUT2D eigenvalue weighted by Crippen LogP contribution is 2.35. The molecule has 4 rings (SSSR count). The lowest BCUT2D eigenvalue weighted by Crippen LogP contribution is -2.35. The maximum Gasteiger partial charge on any atom is 0.322 e. The smallest absolute Gasteiger partial charge is 0.322 e. The van der Waals surface area contributed by atoms with Crippen LogP contribution in [0.15, 0.2) is 35.0 Å². The Morgan fingerprint density at radius 1 is 1.40 bits per heavy atom. The van der Waals surface area contributed by atoms with Crippen molar-refractivity contribution in [1.29, 1.82) is 0 Å². The molecule has 0 spiro atoms. The summed E-state index contributed by atoms with van der Waals surface area (Å²) in [7, 11) is 0. The number of carbonyl (C=O) groups excluding carboxylic acids is 2. The molecule has 1 fully saturated rings. The molecule has 2 N–H and O–H groups in total. The van der Waals surface area contributed by atoms with Gasteiger partial charge in [0.2, 0.25) is 0 Å². The van der Waals surface area contributed by atoms with Gasteiger partial charge in [0.1, 0.15) is 5.75 Å². The van der Waals surface area contributed by atoms with Crippen LogP contribution in [-0.4, -0.2) is 29.5 Å². The van der Waals surface area contributed by atoms with E-state index in [1.165, 1.54) is 5.56 Å². The van der Waals surface area contributed by atoms with Crippen LogP contribution in [0.2, 0.25) is 0 Å². The fourth-order valence-electron chi connectivity index (χ4n) is 3.30. The topological polar surface area (TPSA) is 70.7 Å². The minimum Gasteiger partial charge on any atom is -0.479 e. The maximum atomic E-state index is 12.7. The lowest BCUT2D eigenvalue weighted by Gasteiger charge is -2.26. The van der Waals surface area contributed by atoms with E-state index in [1.54, 1.807) is 36.5 Å². The molecule has 2 atom stereocenters. The highest BCUT2D eigenvalue weighted by molar-refractivity contribution is 7.08. The largest absolute Gasteiger partial charge is 0.479 e. The molecule has 1 aromatic carbocycles. The number of anilines is 2. The van der Waals surface area contributed by atoms with Crippen molar-refractivity contribution in [2.45, 2.75) is 31.9 Å². The first-order chi connectivity index (χ1) is 12.1. The van der Waals surface area contributed by atoms with Gasteiger partial charge in [-0.25, -0.2) is 4.79 Å². The van der Waals surface area contributed by atoms with Crippen LogP contribution in [0.5, 0.6) is 5.75 Å². The zero-order valence-corrected chi connectivity index (χ0v) is 14.6. The van der Waals surface area contributed by atoms with E-state index in [-0.39, 0.29) is 18.0 Å². The minimum atomic E-state index is -0.510. The number of hydrogen-bond donors (Lipinski definition) is 2. The van der Waals surface area contributed by atoms with Crippen LogP contribution in [0, 0.1) is 0 Å². The third-order valence-electron chi connectivity index (χ3n) is 4.60. The summed E-state index contributed by atoms with van der Waals surface area (Å²) >= 11 is 1.65. The number of fused-ring (bicyclic) bond motifs is 1. The number of benzene rings is 1. The second-order valence-corrected chi connectivity index (χ2v) is 7.08. The third kappa shape index (κ3) is 3.07. The fourth-order valence-corrected chi connectivity index (χ4v) is 4.01. The summed E-state index contributed by atoms with van der Waals surface area (Å²) in [4.78, 5) is 26.3. The Hall–Kier alpha value is -2.54. The van der Waals surface area contributed by atoms with Crippen molar-refractivity contribution >= 4 is 34.6 Å².